The van der Waals surface area contributed by atoms with Gasteiger partial charge in [-0.3, -0.25) is 4.79 Å². The molecule has 3 atom stereocenters. The molecule has 0 saturated carbocycles. The zero-order chi connectivity index (χ0) is 17.7. The Hall–Kier alpha value is -1.41. The van der Waals surface area contributed by atoms with Crippen LogP contribution in [-0.2, 0) is 20.9 Å². The average Bonchev–Trinajstić information content (AvgIpc) is 3.08. The van der Waals surface area contributed by atoms with Crippen LogP contribution < -0.4 is 34.7 Å². The Labute approximate surface area is 168 Å². The van der Waals surface area contributed by atoms with Crippen LogP contribution in [0.2, 0.25) is 0 Å². The number of carboxylic acids is 1. The van der Waals surface area contributed by atoms with Gasteiger partial charge in [0.05, 0.1) is 12.1 Å². The van der Waals surface area contributed by atoms with Crippen molar-refractivity contribution in [1.82, 2.24) is 4.90 Å². The maximum atomic E-state index is 12.2. The summed E-state index contributed by atoms with van der Waals surface area (Å²) in [7, 11) is 0. The second-order valence-electron chi connectivity index (χ2n) is 5.87. The van der Waals surface area contributed by atoms with Crippen molar-refractivity contribution in [3.05, 3.63) is 35.9 Å². The summed E-state index contributed by atoms with van der Waals surface area (Å²) in [6.45, 7) is 1.81. The van der Waals surface area contributed by atoms with Gasteiger partial charge in [-0.05, 0) is 18.4 Å². The number of aliphatic hydroxyl groups excluding tert-OH is 1. The number of nitrogens with zero attached hydrogens (tertiary/aromatic N) is 1. The third-order valence-corrected chi connectivity index (χ3v) is 4.26. The van der Waals surface area contributed by atoms with Gasteiger partial charge in [0.1, 0.15) is 12.6 Å². The molecule has 1 aromatic carbocycles. The van der Waals surface area contributed by atoms with Gasteiger partial charge in [0.2, 0.25) is 0 Å². The molecule has 7 nitrogen and oxygen atoms in total. The Bertz CT molecular complexity index is 608. The molecule has 0 aromatic heterocycles. The molecule has 1 aliphatic heterocycles. The van der Waals surface area contributed by atoms with E-state index in [0.717, 1.165) is 5.56 Å². The summed E-state index contributed by atoms with van der Waals surface area (Å²) < 4.78 is 5.24. The zero-order valence-electron chi connectivity index (χ0n) is 14.4. The minimum absolute atomic E-state index is 0. The van der Waals surface area contributed by atoms with E-state index in [4.69, 9.17) is 4.74 Å². The van der Waals surface area contributed by atoms with E-state index in [-0.39, 0.29) is 36.2 Å². The fraction of sp³-hybridized carbons (Fsp3) is 0.471. The Morgan fingerprint density at radius 3 is 2.56 bits per heavy atom. The Morgan fingerprint density at radius 1 is 1.32 bits per heavy atom. The molecular formula is C17H20NNaO6. The quantitative estimate of drug-likeness (QED) is 0.433. The van der Waals surface area contributed by atoms with Crippen LogP contribution >= 0.6 is 0 Å². The number of rotatable bonds is 6. The van der Waals surface area contributed by atoms with Crippen LogP contribution in [0.15, 0.2) is 30.3 Å². The largest absolute Gasteiger partial charge is 1.00 e. The van der Waals surface area contributed by atoms with Gasteiger partial charge in [0.15, 0.2) is 5.78 Å². The maximum absolute atomic E-state index is 12.2. The van der Waals surface area contributed by atoms with Crippen molar-refractivity contribution in [2.45, 2.75) is 38.5 Å². The topological polar surface area (TPSA) is 107 Å². The first-order chi connectivity index (χ1) is 11.4. The summed E-state index contributed by atoms with van der Waals surface area (Å²) in [5.74, 6) is -4.16. The van der Waals surface area contributed by atoms with E-state index >= 15 is 0 Å². The van der Waals surface area contributed by atoms with Gasteiger partial charge in [-0.25, -0.2) is 4.79 Å². The number of aliphatic hydroxyl groups is 1. The second-order valence-corrected chi connectivity index (χ2v) is 5.87. The number of amides is 1. The van der Waals surface area contributed by atoms with Crippen LogP contribution in [-0.4, -0.2) is 46.5 Å². The molecule has 0 aliphatic carbocycles. The van der Waals surface area contributed by atoms with E-state index in [2.05, 4.69) is 0 Å². The molecule has 8 heteroatoms. The standard InChI is InChI=1S/C17H21NO6.Na/c1-11(15(20)16(21)22)14(19)13-8-5-9-18(13)17(23)24-10-12-6-3-2-4-7-12;/h2-4,6-7,11,13-14,19H,5,8-10H2,1H3,(H,21,22);/q;+1/p-1/t11?,13-,14?;/m1./s1. The summed E-state index contributed by atoms with van der Waals surface area (Å²) >= 11 is 0. The van der Waals surface area contributed by atoms with E-state index in [1.807, 2.05) is 30.3 Å². The predicted molar refractivity (Wildman–Crippen MR) is 81.5 cm³/mol. The Morgan fingerprint density at radius 2 is 1.96 bits per heavy atom. The number of aliphatic carboxylic acids is 1. The maximum Gasteiger partial charge on any atom is 1.00 e. The summed E-state index contributed by atoms with van der Waals surface area (Å²) in [5, 5.41) is 20.9. The first-order valence-corrected chi connectivity index (χ1v) is 7.82. The molecule has 0 bridgehead atoms. The number of carbonyl (C=O) groups is 3. The number of likely N-dealkylation sites (tertiary alicyclic amines) is 1. The van der Waals surface area contributed by atoms with Gasteiger partial charge in [-0.15, -0.1) is 0 Å². The summed E-state index contributed by atoms with van der Waals surface area (Å²) in [5.41, 5.74) is 0.836. The van der Waals surface area contributed by atoms with E-state index in [1.54, 1.807) is 0 Å². The first kappa shape index (κ1) is 21.6. The minimum Gasteiger partial charge on any atom is -0.542 e. The van der Waals surface area contributed by atoms with E-state index < -0.39 is 35.9 Å². The van der Waals surface area contributed by atoms with Gasteiger partial charge >= 0.3 is 35.7 Å². The molecule has 1 amide bonds. The Balaban J connectivity index is 0.00000312. The van der Waals surface area contributed by atoms with Gasteiger partial charge in [-0.1, -0.05) is 37.3 Å². The number of carbonyl (C=O) groups excluding carboxylic acids is 3. The molecule has 1 heterocycles. The third-order valence-electron chi connectivity index (χ3n) is 4.26. The normalized spacial score (nSPS) is 18.8. The van der Waals surface area contributed by atoms with Crippen LogP contribution in [0.5, 0.6) is 0 Å². The molecule has 1 aliphatic rings. The third kappa shape index (κ3) is 5.54. The molecule has 1 N–H and O–H groups in total. The van der Waals surface area contributed by atoms with Crippen molar-refractivity contribution < 1.29 is 58.9 Å². The molecule has 1 fully saturated rings. The second kappa shape index (κ2) is 9.91. The number of benzene rings is 1. The number of Topliss-reactive ketones (excluding diaryl/α,β-unsaturated/α-hetero) is 1. The predicted octanol–water partition coefficient (Wildman–Crippen LogP) is -2.89. The smallest absolute Gasteiger partial charge is 0.542 e. The number of hydrogen-bond donors (Lipinski definition) is 1. The minimum atomic E-state index is -1.84. The van der Waals surface area contributed by atoms with Crippen molar-refractivity contribution in [2.24, 2.45) is 5.92 Å². The fourth-order valence-electron chi connectivity index (χ4n) is 2.85. The zero-order valence-corrected chi connectivity index (χ0v) is 16.4. The monoisotopic (exact) mass is 357 g/mol. The van der Waals surface area contributed by atoms with Crippen molar-refractivity contribution in [1.29, 1.82) is 0 Å². The average molecular weight is 357 g/mol. The van der Waals surface area contributed by atoms with E-state index in [9.17, 15) is 24.6 Å². The summed E-state index contributed by atoms with van der Waals surface area (Å²) in [6, 6.07) is 8.52. The molecule has 130 valence electrons. The van der Waals surface area contributed by atoms with Gasteiger partial charge < -0.3 is 24.6 Å². The number of hydrogen-bond acceptors (Lipinski definition) is 6. The van der Waals surface area contributed by atoms with E-state index in [0.29, 0.717) is 19.4 Å². The van der Waals surface area contributed by atoms with Crippen molar-refractivity contribution in [3.63, 3.8) is 0 Å². The molecule has 2 rings (SSSR count). The summed E-state index contributed by atoms with van der Waals surface area (Å²) in [4.78, 5) is 35.7. The molecule has 1 saturated heterocycles. The number of ether oxygens (including phenoxy) is 1. The van der Waals surface area contributed by atoms with Gasteiger partial charge in [0, 0.05) is 12.5 Å². The van der Waals surface area contributed by atoms with Crippen LogP contribution in [0.25, 0.3) is 0 Å². The van der Waals surface area contributed by atoms with Gasteiger partial charge in [-0.2, -0.15) is 0 Å². The molecule has 1 aromatic rings. The van der Waals surface area contributed by atoms with Crippen LogP contribution in [0.4, 0.5) is 4.79 Å². The fourth-order valence-corrected chi connectivity index (χ4v) is 2.85. The SMILES string of the molecule is CC(C(=O)C(=O)[O-])C(O)[C@H]1CCCN1C(=O)OCc1ccccc1.[Na+]. The van der Waals surface area contributed by atoms with Crippen LogP contribution in [0.3, 0.4) is 0 Å². The first-order valence-electron chi connectivity index (χ1n) is 7.82. The molecule has 0 spiro atoms. The van der Waals surface area contributed by atoms with Crippen LogP contribution in [0, 0.1) is 5.92 Å². The molecule has 2 unspecified atom stereocenters. The molecule has 25 heavy (non-hydrogen) atoms. The van der Waals surface area contributed by atoms with Crippen molar-refractivity contribution in [3.8, 4) is 0 Å². The number of ketones is 1. The van der Waals surface area contributed by atoms with Gasteiger partial charge in [0.25, 0.3) is 0 Å². The van der Waals surface area contributed by atoms with E-state index in [1.165, 1.54) is 11.8 Å². The van der Waals surface area contributed by atoms with Crippen molar-refractivity contribution >= 4 is 17.8 Å². The molecular weight excluding hydrogens is 337 g/mol. The Kier molecular flexibility index (Phi) is 8.58. The van der Waals surface area contributed by atoms with Crippen LogP contribution in [0.1, 0.15) is 25.3 Å². The summed E-state index contributed by atoms with van der Waals surface area (Å²) in [6.07, 6.45) is -0.739. The van der Waals surface area contributed by atoms with Crippen molar-refractivity contribution in [2.75, 3.05) is 6.54 Å². The molecule has 0 radical (unpaired) electrons. The number of carboxylic acid groups (broad SMARTS) is 1.